The average Bonchev–Trinajstić information content (AvgIpc) is 2.67. The molecule has 0 unspecified atom stereocenters. The molecule has 0 amide bonds. The molecule has 1 aliphatic rings. The second-order valence-electron chi connectivity index (χ2n) is 9.21. The zero-order chi connectivity index (χ0) is 20.6. The maximum absolute atomic E-state index is 13.1. The molecule has 0 radical (unpaired) electrons. The molecule has 152 valence electrons. The molecule has 1 aromatic rings. The summed E-state index contributed by atoms with van der Waals surface area (Å²) >= 11 is 0. The van der Waals surface area contributed by atoms with Gasteiger partial charge < -0.3 is 9.53 Å². The smallest absolute Gasteiger partial charge is 0.202 e. The summed E-state index contributed by atoms with van der Waals surface area (Å²) in [5.74, 6) is -0.618. The Hall–Kier alpha value is -0.953. The van der Waals surface area contributed by atoms with Gasteiger partial charge in [0.25, 0.3) is 0 Å². The van der Waals surface area contributed by atoms with Crippen molar-refractivity contribution in [3.05, 3.63) is 41.3 Å². The van der Waals surface area contributed by atoms with Crippen LogP contribution < -0.4 is 0 Å². The molecule has 27 heavy (non-hydrogen) atoms. The third kappa shape index (κ3) is 4.55. The summed E-state index contributed by atoms with van der Waals surface area (Å²) in [6.07, 6.45) is 1.31. The maximum Gasteiger partial charge on any atom is 0.202 e. The third-order valence-corrected chi connectivity index (χ3v) is 12.8. The molecule has 0 bridgehead atoms. The Labute approximate surface area is 165 Å². The molecule has 4 atom stereocenters. The third-order valence-electron chi connectivity index (χ3n) is 6.25. The van der Waals surface area contributed by atoms with Gasteiger partial charge in [-0.05, 0) is 36.7 Å². The van der Waals surface area contributed by atoms with Gasteiger partial charge in [-0.2, -0.15) is 0 Å². The van der Waals surface area contributed by atoms with Gasteiger partial charge in [0.05, 0.1) is 22.0 Å². The molecule has 0 fully saturated rings. The lowest BCUT2D eigenvalue weighted by molar-refractivity contribution is 0.0149. The molecular weight excluding hydrogens is 376 g/mol. The highest BCUT2D eigenvalue weighted by Crippen LogP contribution is 2.41. The van der Waals surface area contributed by atoms with E-state index in [0.717, 1.165) is 0 Å². The Balaban J connectivity index is 2.39. The topological polar surface area (TPSA) is 63.6 Å². The summed E-state index contributed by atoms with van der Waals surface area (Å²) in [6.45, 7) is 14.7. The Kier molecular flexibility index (Phi) is 6.47. The highest BCUT2D eigenvalue weighted by molar-refractivity contribution is 7.95. The van der Waals surface area contributed by atoms with Crippen LogP contribution in [0.1, 0.15) is 41.0 Å². The van der Waals surface area contributed by atoms with Gasteiger partial charge in [0, 0.05) is 11.8 Å². The van der Waals surface area contributed by atoms with Gasteiger partial charge in [-0.25, -0.2) is 8.42 Å². The standard InChI is InChI=1S/C21H34O4SSi/c1-15-18(25-27(6,7)21(3,4)5)13-14-19(16(2)20(15)22)26(23,24)17-11-9-8-10-12-17/h8-12,14-16,18,20,22H,13H2,1-7H3/t15-,16+,18-,20-/m1/s1. The Morgan fingerprint density at radius 1 is 1.11 bits per heavy atom. The SMILES string of the molecule is C[C@H]1[C@@H](O)[C@@H](C)C(S(=O)(=O)c2ccccc2)=CC[C@H]1O[Si](C)(C)C(C)(C)C. The van der Waals surface area contributed by atoms with Gasteiger partial charge in [0.2, 0.25) is 9.84 Å². The fourth-order valence-electron chi connectivity index (χ4n) is 3.28. The average molecular weight is 411 g/mol. The van der Waals surface area contributed by atoms with Crippen LogP contribution in [0.3, 0.4) is 0 Å². The van der Waals surface area contributed by atoms with Gasteiger partial charge >= 0.3 is 0 Å². The fourth-order valence-corrected chi connectivity index (χ4v) is 6.43. The number of sulfone groups is 1. The first kappa shape index (κ1) is 22.3. The van der Waals surface area contributed by atoms with Crippen molar-refractivity contribution >= 4 is 18.2 Å². The number of hydrogen-bond donors (Lipinski definition) is 1. The molecule has 1 N–H and O–H groups in total. The van der Waals surface area contributed by atoms with Crippen molar-refractivity contribution in [2.24, 2.45) is 11.8 Å². The van der Waals surface area contributed by atoms with Crippen LogP contribution in [0.15, 0.2) is 46.2 Å². The summed E-state index contributed by atoms with van der Waals surface area (Å²) in [4.78, 5) is 0.570. The quantitative estimate of drug-likeness (QED) is 0.726. The molecule has 0 aliphatic heterocycles. The van der Waals surface area contributed by atoms with E-state index in [2.05, 4.69) is 33.9 Å². The van der Waals surface area contributed by atoms with Crippen LogP contribution in [0.25, 0.3) is 0 Å². The van der Waals surface area contributed by atoms with Gasteiger partial charge in [-0.3, -0.25) is 0 Å². The molecule has 1 aromatic carbocycles. The van der Waals surface area contributed by atoms with E-state index in [4.69, 9.17) is 4.43 Å². The van der Waals surface area contributed by atoms with Gasteiger partial charge in [-0.15, -0.1) is 0 Å². The van der Waals surface area contributed by atoms with Crippen LogP contribution in [0, 0.1) is 11.8 Å². The lowest BCUT2D eigenvalue weighted by Gasteiger charge is -2.41. The number of rotatable bonds is 4. The highest BCUT2D eigenvalue weighted by Gasteiger charge is 2.43. The minimum Gasteiger partial charge on any atom is -0.413 e. The molecule has 0 heterocycles. The van der Waals surface area contributed by atoms with E-state index >= 15 is 0 Å². The first-order chi connectivity index (χ1) is 12.3. The summed E-state index contributed by atoms with van der Waals surface area (Å²) in [7, 11) is -5.66. The fraction of sp³-hybridized carbons (Fsp3) is 0.619. The van der Waals surface area contributed by atoms with Crippen LogP contribution in [-0.2, 0) is 14.3 Å². The molecular formula is C21H34O4SSi. The summed E-state index contributed by atoms with van der Waals surface area (Å²) in [6, 6.07) is 8.44. The zero-order valence-electron chi connectivity index (χ0n) is 17.6. The van der Waals surface area contributed by atoms with Crippen LogP contribution in [0.5, 0.6) is 0 Å². The lowest BCUT2D eigenvalue weighted by Crippen LogP contribution is -2.47. The number of aliphatic hydroxyl groups excluding tert-OH is 1. The normalized spacial score (nSPS) is 27.8. The minimum absolute atomic E-state index is 0.0538. The van der Waals surface area contributed by atoms with E-state index in [9.17, 15) is 13.5 Å². The summed E-state index contributed by atoms with van der Waals surface area (Å²) in [5.41, 5.74) is 0. The van der Waals surface area contributed by atoms with Crippen molar-refractivity contribution in [1.29, 1.82) is 0 Å². The van der Waals surface area contributed by atoms with Gasteiger partial charge in [-0.1, -0.05) is 58.9 Å². The van der Waals surface area contributed by atoms with E-state index < -0.39 is 30.2 Å². The monoisotopic (exact) mass is 410 g/mol. The van der Waals surface area contributed by atoms with Gasteiger partial charge in [0.1, 0.15) is 0 Å². The largest absolute Gasteiger partial charge is 0.413 e. The molecule has 6 heteroatoms. The minimum atomic E-state index is -3.63. The summed E-state index contributed by atoms with van der Waals surface area (Å²) < 4.78 is 32.8. The maximum atomic E-state index is 13.1. The highest BCUT2D eigenvalue weighted by atomic mass is 32.2. The van der Waals surface area contributed by atoms with Crippen molar-refractivity contribution in [3.8, 4) is 0 Å². The van der Waals surface area contributed by atoms with Crippen LogP contribution >= 0.6 is 0 Å². The Bertz CT molecular complexity index is 778. The van der Waals surface area contributed by atoms with E-state index in [1.807, 2.05) is 6.92 Å². The molecule has 0 saturated carbocycles. The molecule has 0 saturated heterocycles. The number of aliphatic hydroxyl groups is 1. The predicted octanol–water partition coefficient (Wildman–Crippen LogP) is 4.77. The molecule has 2 rings (SSSR count). The first-order valence-corrected chi connectivity index (χ1v) is 14.0. The Morgan fingerprint density at radius 2 is 1.67 bits per heavy atom. The van der Waals surface area contributed by atoms with Crippen LogP contribution in [0.4, 0.5) is 0 Å². The molecule has 1 aliphatic carbocycles. The number of hydrogen-bond acceptors (Lipinski definition) is 4. The Morgan fingerprint density at radius 3 is 2.19 bits per heavy atom. The molecule has 4 nitrogen and oxygen atoms in total. The van der Waals surface area contributed by atoms with Crippen molar-refractivity contribution < 1.29 is 18.0 Å². The van der Waals surface area contributed by atoms with E-state index in [1.54, 1.807) is 43.3 Å². The van der Waals surface area contributed by atoms with Crippen molar-refractivity contribution in [1.82, 2.24) is 0 Å². The lowest BCUT2D eigenvalue weighted by atomic mass is 9.91. The second kappa shape index (κ2) is 7.82. The van der Waals surface area contributed by atoms with Crippen LogP contribution in [-0.4, -0.2) is 34.0 Å². The first-order valence-electron chi connectivity index (χ1n) is 9.65. The zero-order valence-corrected chi connectivity index (χ0v) is 19.4. The van der Waals surface area contributed by atoms with Crippen molar-refractivity contribution in [2.75, 3.05) is 0 Å². The summed E-state index contributed by atoms with van der Waals surface area (Å²) in [5, 5.41) is 11.0. The van der Waals surface area contributed by atoms with Crippen molar-refractivity contribution in [2.45, 2.75) is 76.3 Å². The second-order valence-corrected chi connectivity index (χ2v) is 15.9. The van der Waals surface area contributed by atoms with E-state index in [-0.39, 0.29) is 22.0 Å². The molecule has 0 spiro atoms. The predicted molar refractivity (Wildman–Crippen MR) is 113 cm³/mol. The van der Waals surface area contributed by atoms with E-state index in [1.165, 1.54) is 0 Å². The van der Waals surface area contributed by atoms with Gasteiger partial charge in [0.15, 0.2) is 8.32 Å². The molecule has 0 aromatic heterocycles. The number of benzene rings is 1. The van der Waals surface area contributed by atoms with Crippen LogP contribution in [0.2, 0.25) is 18.1 Å². The van der Waals surface area contributed by atoms with Crippen molar-refractivity contribution in [3.63, 3.8) is 0 Å². The van der Waals surface area contributed by atoms with E-state index in [0.29, 0.717) is 11.3 Å².